The summed E-state index contributed by atoms with van der Waals surface area (Å²) in [4.78, 5) is 12.3. The van der Waals surface area contributed by atoms with Crippen molar-refractivity contribution in [2.45, 2.75) is 18.8 Å². The van der Waals surface area contributed by atoms with Crippen molar-refractivity contribution in [3.05, 3.63) is 35.6 Å². The first-order valence-electron chi connectivity index (χ1n) is 6.56. The number of benzene rings is 1. The molecule has 0 aliphatic carbocycles. The van der Waals surface area contributed by atoms with Gasteiger partial charge in [-0.25, -0.2) is 12.8 Å². The summed E-state index contributed by atoms with van der Waals surface area (Å²) in [6.07, 6.45) is 1.02. The zero-order chi connectivity index (χ0) is 16.1. The average Bonchev–Trinajstić information content (AvgIpc) is 2.39. The number of nitrogens with two attached hydrogens (primary N) is 1. The molecule has 0 saturated heterocycles. The van der Waals surface area contributed by atoms with Crippen molar-refractivity contribution >= 4 is 15.8 Å². The number of rotatable bonds is 7. The molecule has 0 aliphatic heterocycles. The molecule has 0 fully saturated rings. The molecule has 0 saturated carbocycles. The van der Waals surface area contributed by atoms with Gasteiger partial charge >= 0.3 is 5.97 Å². The maximum absolute atomic E-state index is 13.4. The van der Waals surface area contributed by atoms with Gasteiger partial charge in [-0.3, -0.25) is 4.79 Å². The summed E-state index contributed by atoms with van der Waals surface area (Å²) in [5.74, 6) is -1.39. The molecule has 0 spiro atoms. The van der Waals surface area contributed by atoms with E-state index in [1.165, 1.54) is 18.2 Å². The molecule has 5 nitrogen and oxygen atoms in total. The van der Waals surface area contributed by atoms with Gasteiger partial charge in [-0.15, -0.1) is 0 Å². The number of esters is 1. The van der Waals surface area contributed by atoms with E-state index < -0.39 is 27.0 Å². The molecule has 0 radical (unpaired) electrons. The van der Waals surface area contributed by atoms with Gasteiger partial charge in [-0.05, 0) is 31.0 Å². The van der Waals surface area contributed by atoms with Gasteiger partial charge in [0.05, 0.1) is 12.4 Å². The van der Waals surface area contributed by atoms with E-state index in [2.05, 4.69) is 0 Å². The molecule has 0 aromatic heterocycles. The van der Waals surface area contributed by atoms with Gasteiger partial charge in [0.1, 0.15) is 21.1 Å². The van der Waals surface area contributed by atoms with Crippen molar-refractivity contribution in [1.29, 1.82) is 0 Å². The molecule has 0 amide bonds. The second-order valence-electron chi connectivity index (χ2n) is 4.90. The third-order valence-electron chi connectivity index (χ3n) is 3.29. The lowest BCUT2D eigenvalue weighted by Gasteiger charge is -2.30. The van der Waals surface area contributed by atoms with Crippen LogP contribution in [0.15, 0.2) is 24.3 Å². The molecule has 118 valence electrons. The summed E-state index contributed by atoms with van der Waals surface area (Å²) in [5, 5.41) is 0. The predicted octanol–water partition coefficient (Wildman–Crippen LogP) is 1.02. The van der Waals surface area contributed by atoms with Crippen molar-refractivity contribution in [2.24, 2.45) is 5.73 Å². The van der Waals surface area contributed by atoms with E-state index in [9.17, 15) is 17.6 Å². The Morgan fingerprint density at radius 1 is 1.43 bits per heavy atom. The number of hydrogen-bond donors (Lipinski definition) is 1. The van der Waals surface area contributed by atoms with Crippen LogP contribution in [0.1, 0.15) is 18.9 Å². The standard InChI is InChI=1S/C14H20FNO4S/c1-3-20-13(17)14(10-16,7-8-21(2,18)19)11-5-4-6-12(15)9-11/h4-6,9H,3,7-8,10,16H2,1-2H3. The minimum absolute atomic E-state index is 0.0510. The lowest BCUT2D eigenvalue weighted by molar-refractivity contribution is -0.150. The zero-order valence-electron chi connectivity index (χ0n) is 12.1. The first-order valence-corrected chi connectivity index (χ1v) is 8.62. The van der Waals surface area contributed by atoms with Crippen LogP contribution in [0.3, 0.4) is 0 Å². The maximum atomic E-state index is 13.4. The van der Waals surface area contributed by atoms with E-state index in [0.717, 1.165) is 6.26 Å². The van der Waals surface area contributed by atoms with Crippen molar-refractivity contribution < 1.29 is 22.3 Å². The highest BCUT2D eigenvalue weighted by molar-refractivity contribution is 7.90. The summed E-state index contributed by atoms with van der Waals surface area (Å²) in [7, 11) is -3.29. The molecule has 1 unspecified atom stereocenters. The summed E-state index contributed by atoms with van der Waals surface area (Å²) in [6.45, 7) is 1.61. The Morgan fingerprint density at radius 2 is 2.10 bits per heavy atom. The molecule has 1 aromatic rings. The summed E-state index contributed by atoms with van der Waals surface area (Å²) < 4.78 is 41.3. The number of hydrogen-bond acceptors (Lipinski definition) is 5. The minimum Gasteiger partial charge on any atom is -0.465 e. The molecular formula is C14H20FNO4S. The van der Waals surface area contributed by atoms with E-state index in [0.29, 0.717) is 5.56 Å². The molecule has 1 rings (SSSR count). The van der Waals surface area contributed by atoms with E-state index in [1.807, 2.05) is 0 Å². The monoisotopic (exact) mass is 317 g/mol. The second kappa shape index (κ2) is 7.00. The first-order chi connectivity index (χ1) is 9.75. The van der Waals surface area contributed by atoms with Crippen LogP contribution < -0.4 is 5.73 Å². The van der Waals surface area contributed by atoms with Gasteiger partial charge in [0, 0.05) is 12.8 Å². The van der Waals surface area contributed by atoms with Crippen molar-refractivity contribution in [3.63, 3.8) is 0 Å². The van der Waals surface area contributed by atoms with Crippen LogP contribution in [0.5, 0.6) is 0 Å². The Hall–Kier alpha value is -1.47. The lowest BCUT2D eigenvalue weighted by atomic mass is 9.78. The highest BCUT2D eigenvalue weighted by Gasteiger charge is 2.41. The molecule has 21 heavy (non-hydrogen) atoms. The quantitative estimate of drug-likeness (QED) is 0.759. The Balaban J connectivity index is 3.28. The van der Waals surface area contributed by atoms with Crippen LogP contribution in [0.4, 0.5) is 4.39 Å². The number of carbonyl (C=O) groups excluding carboxylic acids is 1. The topological polar surface area (TPSA) is 86.5 Å². The summed E-state index contributed by atoms with van der Waals surface area (Å²) in [5.41, 5.74) is 4.70. The minimum atomic E-state index is -3.29. The largest absolute Gasteiger partial charge is 0.465 e. The van der Waals surface area contributed by atoms with Gasteiger partial charge in [-0.1, -0.05) is 12.1 Å². The Labute approximate surface area is 124 Å². The highest BCUT2D eigenvalue weighted by atomic mass is 32.2. The molecule has 2 N–H and O–H groups in total. The second-order valence-corrected chi connectivity index (χ2v) is 7.16. The Morgan fingerprint density at radius 3 is 2.57 bits per heavy atom. The fourth-order valence-electron chi connectivity index (χ4n) is 2.08. The molecule has 0 heterocycles. The molecule has 1 aromatic carbocycles. The summed E-state index contributed by atoms with van der Waals surface area (Å²) >= 11 is 0. The third-order valence-corrected chi connectivity index (χ3v) is 4.24. The highest BCUT2D eigenvalue weighted by Crippen LogP contribution is 2.30. The molecule has 1 atom stereocenters. The fraction of sp³-hybridized carbons (Fsp3) is 0.500. The zero-order valence-corrected chi connectivity index (χ0v) is 13.0. The number of ether oxygens (including phenoxy) is 1. The Bertz CT molecular complexity index is 603. The first kappa shape index (κ1) is 17.6. The van der Waals surface area contributed by atoms with E-state index in [-0.39, 0.29) is 25.3 Å². The molecule has 7 heteroatoms. The lowest BCUT2D eigenvalue weighted by Crippen LogP contribution is -2.45. The van der Waals surface area contributed by atoms with Crippen LogP contribution >= 0.6 is 0 Å². The van der Waals surface area contributed by atoms with Crippen LogP contribution in [-0.2, 0) is 24.8 Å². The van der Waals surface area contributed by atoms with Crippen molar-refractivity contribution in [1.82, 2.24) is 0 Å². The molecule has 0 aliphatic rings. The molecular weight excluding hydrogens is 297 g/mol. The van der Waals surface area contributed by atoms with Gasteiger partial charge in [0.2, 0.25) is 0 Å². The van der Waals surface area contributed by atoms with Crippen LogP contribution in [0.2, 0.25) is 0 Å². The van der Waals surface area contributed by atoms with Gasteiger partial charge in [0.15, 0.2) is 0 Å². The normalized spacial score (nSPS) is 14.5. The SMILES string of the molecule is CCOC(=O)C(CN)(CCS(C)(=O)=O)c1cccc(F)c1. The predicted molar refractivity (Wildman–Crippen MR) is 78.1 cm³/mol. The third kappa shape index (κ3) is 4.50. The number of halogens is 1. The van der Waals surface area contributed by atoms with Crippen LogP contribution in [0.25, 0.3) is 0 Å². The van der Waals surface area contributed by atoms with Gasteiger partial charge in [0.25, 0.3) is 0 Å². The van der Waals surface area contributed by atoms with E-state index in [4.69, 9.17) is 10.5 Å². The molecule has 0 bridgehead atoms. The number of sulfone groups is 1. The van der Waals surface area contributed by atoms with E-state index in [1.54, 1.807) is 13.0 Å². The van der Waals surface area contributed by atoms with Crippen LogP contribution in [0, 0.1) is 5.82 Å². The van der Waals surface area contributed by atoms with Crippen molar-refractivity contribution in [3.8, 4) is 0 Å². The van der Waals surface area contributed by atoms with Crippen LogP contribution in [-0.4, -0.2) is 39.5 Å². The smallest absolute Gasteiger partial charge is 0.317 e. The van der Waals surface area contributed by atoms with Gasteiger partial charge < -0.3 is 10.5 Å². The van der Waals surface area contributed by atoms with Gasteiger partial charge in [-0.2, -0.15) is 0 Å². The summed E-state index contributed by atoms with van der Waals surface area (Å²) in [6, 6.07) is 5.43. The maximum Gasteiger partial charge on any atom is 0.317 e. The average molecular weight is 317 g/mol. The van der Waals surface area contributed by atoms with Crippen molar-refractivity contribution in [2.75, 3.05) is 25.2 Å². The van der Waals surface area contributed by atoms with E-state index >= 15 is 0 Å². The Kier molecular flexibility index (Phi) is 5.86. The number of carbonyl (C=O) groups is 1. The fourth-order valence-corrected chi connectivity index (χ4v) is 2.80.